The van der Waals surface area contributed by atoms with Gasteiger partial charge >= 0.3 is 0 Å². The van der Waals surface area contributed by atoms with Crippen LogP contribution in [0.15, 0.2) is 47.2 Å². The summed E-state index contributed by atoms with van der Waals surface area (Å²) in [6.07, 6.45) is 3.03. The van der Waals surface area contributed by atoms with Crippen molar-refractivity contribution in [3.63, 3.8) is 0 Å². The first-order valence-corrected chi connectivity index (χ1v) is 22.8. The van der Waals surface area contributed by atoms with Gasteiger partial charge in [-0.1, -0.05) is 61.8 Å². The van der Waals surface area contributed by atoms with E-state index in [2.05, 4.69) is 108 Å². The second-order valence-electron chi connectivity index (χ2n) is 13.3. The minimum atomic E-state index is -1.29. The van der Waals surface area contributed by atoms with Crippen molar-refractivity contribution in [2.75, 3.05) is 46.8 Å². The summed E-state index contributed by atoms with van der Waals surface area (Å²) >= 11 is 3.90. The van der Waals surface area contributed by atoms with Gasteiger partial charge in [0.05, 0.1) is 53.7 Å². The summed E-state index contributed by atoms with van der Waals surface area (Å²) in [5.41, 5.74) is 2.40. The van der Waals surface area contributed by atoms with Crippen LogP contribution < -0.4 is 5.32 Å². The molecule has 236 valence electrons. The van der Waals surface area contributed by atoms with Crippen LogP contribution in [0.25, 0.3) is 0 Å². The second kappa shape index (κ2) is 15.6. The molecule has 0 aromatic carbocycles. The SMILES string of the molecule is C=NN(COCC[Si](C)(C)C)C(=C)[C@](C)(C(C)Br)N(COCC[Si](C)(C)C)C1=C(NC)CN(C(=O)c2ccnnc2)C1. The van der Waals surface area contributed by atoms with Crippen LogP contribution in [-0.2, 0) is 9.47 Å². The first kappa shape index (κ1) is 36.1. The Bertz CT molecular complexity index is 1090. The Morgan fingerprint density at radius 3 is 2.21 bits per heavy atom. The summed E-state index contributed by atoms with van der Waals surface area (Å²) in [5, 5.41) is 17.1. The molecule has 2 rings (SSSR count). The third kappa shape index (κ3) is 10.0. The number of halogens is 1. The van der Waals surface area contributed by atoms with Gasteiger partial charge in [0, 0.05) is 48.0 Å². The van der Waals surface area contributed by atoms with Gasteiger partial charge in [-0.25, -0.2) is 5.01 Å². The van der Waals surface area contributed by atoms with Crippen molar-refractivity contribution in [1.29, 1.82) is 0 Å². The van der Waals surface area contributed by atoms with Crippen LogP contribution in [0, 0.1) is 0 Å². The topological polar surface area (TPSA) is 95.4 Å². The van der Waals surface area contributed by atoms with Gasteiger partial charge in [0.1, 0.15) is 13.5 Å². The number of carbonyl (C=O) groups is 1. The van der Waals surface area contributed by atoms with Crippen molar-refractivity contribution in [2.24, 2.45) is 5.10 Å². The van der Waals surface area contributed by atoms with Gasteiger partial charge < -0.3 is 24.6 Å². The maximum atomic E-state index is 13.4. The Balaban J connectivity index is 2.42. The Hall–Kier alpha value is -2.07. The van der Waals surface area contributed by atoms with E-state index < -0.39 is 21.7 Å². The first-order chi connectivity index (χ1) is 19.5. The third-order valence-corrected chi connectivity index (χ3v) is 11.9. The predicted molar refractivity (Wildman–Crippen MR) is 181 cm³/mol. The summed E-state index contributed by atoms with van der Waals surface area (Å²) in [6.45, 7) is 29.3. The molecule has 1 amide bonds. The predicted octanol–water partition coefficient (Wildman–Crippen LogP) is 5.26. The third-order valence-electron chi connectivity index (χ3n) is 7.61. The Morgan fingerprint density at radius 2 is 1.74 bits per heavy atom. The van der Waals surface area contributed by atoms with E-state index in [1.807, 2.05) is 7.05 Å². The lowest BCUT2D eigenvalue weighted by molar-refractivity contribution is -0.0142. The quantitative estimate of drug-likeness (QED) is 0.0560. The molecule has 1 unspecified atom stereocenters. The number of rotatable bonds is 18. The molecule has 1 aliphatic rings. The highest BCUT2D eigenvalue weighted by molar-refractivity contribution is 9.09. The molecule has 1 aromatic heterocycles. The first-order valence-electron chi connectivity index (χ1n) is 14.5. The number of amides is 1. The number of hydrogen-bond donors (Lipinski definition) is 1. The van der Waals surface area contributed by atoms with Crippen LogP contribution in [0.4, 0.5) is 0 Å². The molecule has 1 aliphatic heterocycles. The highest BCUT2D eigenvalue weighted by Crippen LogP contribution is 2.39. The molecular weight excluding hydrogens is 630 g/mol. The van der Waals surface area contributed by atoms with Crippen LogP contribution in [0.3, 0.4) is 0 Å². The number of nitrogens with one attached hydrogen (secondary N) is 1. The Morgan fingerprint density at radius 1 is 1.14 bits per heavy atom. The maximum absolute atomic E-state index is 13.4. The highest BCUT2D eigenvalue weighted by Gasteiger charge is 2.45. The van der Waals surface area contributed by atoms with Crippen LogP contribution >= 0.6 is 15.9 Å². The molecule has 0 bridgehead atoms. The monoisotopic (exact) mass is 681 g/mol. The molecule has 1 N–H and O–H groups in total. The number of aromatic nitrogens is 2. The number of likely N-dealkylation sites (N-methyl/N-ethyl adjacent to an activating group) is 1. The molecule has 0 radical (unpaired) electrons. The van der Waals surface area contributed by atoms with Crippen LogP contribution in [0.5, 0.6) is 0 Å². The fourth-order valence-corrected chi connectivity index (χ4v) is 6.48. The van der Waals surface area contributed by atoms with Crippen molar-refractivity contribution in [2.45, 2.75) is 75.6 Å². The average Bonchev–Trinajstić information content (AvgIpc) is 3.35. The van der Waals surface area contributed by atoms with Gasteiger partial charge in [0.25, 0.3) is 5.91 Å². The van der Waals surface area contributed by atoms with E-state index in [1.165, 1.54) is 12.4 Å². The number of alkyl halides is 1. The lowest BCUT2D eigenvalue weighted by Gasteiger charge is -2.48. The van der Waals surface area contributed by atoms with Gasteiger partial charge in [-0.05, 0) is 32.0 Å². The van der Waals surface area contributed by atoms with Crippen molar-refractivity contribution < 1.29 is 14.3 Å². The van der Waals surface area contributed by atoms with Crippen LogP contribution in [-0.4, -0.2) is 111 Å². The Labute approximate surface area is 263 Å². The zero-order chi connectivity index (χ0) is 31.7. The molecule has 0 fully saturated rings. The number of ether oxygens (including phenoxy) is 2. The zero-order valence-electron chi connectivity index (χ0n) is 27.2. The van der Waals surface area contributed by atoms with Gasteiger partial charge in [-0.2, -0.15) is 15.3 Å². The number of hydrogen-bond acceptors (Lipinski definition) is 9. The Kier molecular flexibility index (Phi) is 13.4. The largest absolute Gasteiger partial charge is 0.389 e. The summed E-state index contributed by atoms with van der Waals surface area (Å²) in [5.74, 6) is -0.107. The van der Waals surface area contributed by atoms with E-state index in [1.54, 1.807) is 16.0 Å². The van der Waals surface area contributed by atoms with Gasteiger partial charge in [0.2, 0.25) is 0 Å². The molecule has 0 aliphatic carbocycles. The summed E-state index contributed by atoms with van der Waals surface area (Å²) in [6, 6.07) is 3.79. The molecule has 13 heteroatoms. The van der Waals surface area contributed by atoms with E-state index in [0.29, 0.717) is 38.6 Å². The van der Waals surface area contributed by atoms with Crippen molar-refractivity contribution in [3.8, 4) is 0 Å². The van der Waals surface area contributed by atoms with Gasteiger partial charge in [-0.15, -0.1) is 0 Å². The van der Waals surface area contributed by atoms with E-state index in [4.69, 9.17) is 9.47 Å². The standard InChI is InChI=1S/C29H52BrN7O3Si2/c1-23(30)29(3,24(2)37(32-5)22-40-15-17-42(9,10)11)36(21-39-14-16-41(6,7)8)27-20-35(19-26(27)31-4)28(38)25-12-13-33-34-18-25/h12-13,18,23,31H,2,5,14-17,19-22H2,1,3-4,6-11H3/t23?,29-/m0/s1. The minimum Gasteiger partial charge on any atom is -0.389 e. The lowest BCUT2D eigenvalue weighted by atomic mass is 9.91. The molecule has 0 spiro atoms. The maximum Gasteiger partial charge on any atom is 0.256 e. The second-order valence-corrected chi connectivity index (χ2v) is 26.0. The normalized spacial score (nSPS) is 16.2. The van der Waals surface area contributed by atoms with Crippen molar-refractivity contribution in [1.82, 2.24) is 30.3 Å². The van der Waals surface area contributed by atoms with Crippen LogP contribution in [0.1, 0.15) is 24.2 Å². The molecular formula is C29H52BrN7O3Si2. The van der Waals surface area contributed by atoms with Crippen LogP contribution in [0.2, 0.25) is 51.4 Å². The van der Waals surface area contributed by atoms with Crippen molar-refractivity contribution >= 4 is 44.7 Å². The zero-order valence-corrected chi connectivity index (χ0v) is 30.8. The smallest absolute Gasteiger partial charge is 0.256 e. The number of nitrogens with zero attached hydrogens (tertiary/aromatic N) is 6. The van der Waals surface area contributed by atoms with Gasteiger partial charge in [-0.3, -0.25) is 4.79 Å². The number of carbonyl (C=O) groups excluding carboxylic acids is 1. The fraction of sp³-hybridized carbons (Fsp3) is 0.655. The minimum absolute atomic E-state index is 0.0796. The van der Waals surface area contributed by atoms with E-state index in [9.17, 15) is 4.79 Å². The van der Waals surface area contributed by atoms with E-state index in [-0.39, 0.29) is 17.5 Å². The van der Waals surface area contributed by atoms with Gasteiger partial charge in [0.15, 0.2) is 0 Å². The highest BCUT2D eigenvalue weighted by atomic mass is 79.9. The molecule has 42 heavy (non-hydrogen) atoms. The molecule has 2 heterocycles. The van der Waals surface area contributed by atoms with E-state index in [0.717, 1.165) is 29.2 Å². The molecule has 0 saturated heterocycles. The average molecular weight is 683 g/mol. The molecule has 1 aromatic rings. The lowest BCUT2D eigenvalue weighted by Crippen LogP contribution is -2.57. The summed E-state index contributed by atoms with van der Waals surface area (Å²) in [7, 11) is -0.645. The molecule has 10 nitrogen and oxygen atoms in total. The van der Waals surface area contributed by atoms with Crippen molar-refractivity contribution in [3.05, 3.63) is 47.7 Å². The number of hydrazone groups is 1. The molecule has 0 saturated carbocycles. The summed E-state index contributed by atoms with van der Waals surface area (Å²) < 4.78 is 12.4. The van der Waals surface area contributed by atoms with E-state index >= 15 is 0 Å². The molecule has 2 atom stereocenters. The summed E-state index contributed by atoms with van der Waals surface area (Å²) in [4.78, 5) is 17.4. The fourth-order valence-electron chi connectivity index (χ4n) is 4.45.